The molecular formula is C11H17N3O2. The normalized spacial score (nSPS) is 21.8. The van der Waals surface area contributed by atoms with Crippen LogP contribution in [0.3, 0.4) is 0 Å². The van der Waals surface area contributed by atoms with Gasteiger partial charge in [-0.15, -0.1) is 0 Å². The van der Waals surface area contributed by atoms with Crippen LogP contribution in [-0.4, -0.2) is 45.3 Å². The number of hydrogen-bond donors (Lipinski definition) is 2. The molecule has 0 bridgehead atoms. The van der Waals surface area contributed by atoms with Gasteiger partial charge in [-0.3, -0.25) is 9.89 Å². The summed E-state index contributed by atoms with van der Waals surface area (Å²) in [5.41, 5.74) is 0.500. The molecule has 1 aromatic heterocycles. The van der Waals surface area contributed by atoms with E-state index in [-0.39, 0.29) is 18.6 Å². The van der Waals surface area contributed by atoms with Crippen LogP contribution in [0.1, 0.15) is 36.2 Å². The summed E-state index contributed by atoms with van der Waals surface area (Å²) in [5.74, 6) is -0.0570. The second-order valence-electron chi connectivity index (χ2n) is 4.15. The van der Waals surface area contributed by atoms with E-state index in [4.69, 9.17) is 0 Å². The maximum Gasteiger partial charge on any atom is 0.272 e. The lowest BCUT2D eigenvalue weighted by Gasteiger charge is -2.28. The average molecular weight is 223 g/mol. The van der Waals surface area contributed by atoms with E-state index < -0.39 is 0 Å². The number of hydrogen-bond acceptors (Lipinski definition) is 3. The van der Waals surface area contributed by atoms with Crippen LogP contribution in [-0.2, 0) is 0 Å². The molecule has 2 heterocycles. The molecule has 1 aliphatic heterocycles. The number of aromatic amines is 1. The first-order valence-electron chi connectivity index (χ1n) is 5.74. The summed E-state index contributed by atoms with van der Waals surface area (Å²) >= 11 is 0. The Hall–Kier alpha value is -1.36. The van der Waals surface area contributed by atoms with Gasteiger partial charge >= 0.3 is 0 Å². The Bertz CT molecular complexity index is 337. The number of aliphatic hydroxyl groups is 1. The average Bonchev–Trinajstić information content (AvgIpc) is 2.73. The predicted octanol–water partition coefficient (Wildman–Crippen LogP) is 0.787. The fraction of sp³-hybridized carbons (Fsp3) is 0.636. The number of aromatic nitrogens is 2. The first kappa shape index (κ1) is 11.1. The van der Waals surface area contributed by atoms with Gasteiger partial charge in [0.2, 0.25) is 0 Å². The molecule has 88 valence electrons. The van der Waals surface area contributed by atoms with E-state index in [1.54, 1.807) is 17.2 Å². The molecule has 2 rings (SSSR count). The third kappa shape index (κ3) is 2.24. The van der Waals surface area contributed by atoms with E-state index in [0.29, 0.717) is 5.69 Å². The molecule has 0 aliphatic carbocycles. The number of carbonyl (C=O) groups is 1. The summed E-state index contributed by atoms with van der Waals surface area (Å²) in [6.45, 7) is 0.767. The number of carbonyl (C=O) groups excluding carboxylic acids is 1. The van der Waals surface area contributed by atoms with E-state index in [1.165, 1.54) is 0 Å². The first-order chi connectivity index (χ1) is 7.83. The summed E-state index contributed by atoms with van der Waals surface area (Å²) in [5, 5.41) is 15.8. The summed E-state index contributed by atoms with van der Waals surface area (Å²) in [6, 6.07) is 1.63. The zero-order valence-corrected chi connectivity index (χ0v) is 9.22. The highest BCUT2D eigenvalue weighted by Gasteiger charge is 2.26. The summed E-state index contributed by atoms with van der Waals surface area (Å²) < 4.78 is 0. The van der Waals surface area contributed by atoms with Gasteiger partial charge in [-0.05, 0) is 18.9 Å². The summed E-state index contributed by atoms with van der Waals surface area (Å²) in [6.07, 6.45) is 5.67. The Balaban J connectivity index is 2.13. The number of nitrogens with one attached hydrogen (secondary N) is 1. The largest absolute Gasteiger partial charge is 0.394 e. The van der Waals surface area contributed by atoms with Gasteiger partial charge < -0.3 is 10.0 Å². The van der Waals surface area contributed by atoms with E-state index in [9.17, 15) is 9.90 Å². The molecule has 0 spiro atoms. The molecule has 1 aromatic rings. The van der Waals surface area contributed by atoms with Crippen molar-refractivity contribution >= 4 is 5.91 Å². The molecule has 5 heteroatoms. The Morgan fingerprint density at radius 2 is 2.44 bits per heavy atom. The Labute approximate surface area is 94.5 Å². The second-order valence-corrected chi connectivity index (χ2v) is 4.15. The van der Waals surface area contributed by atoms with Crippen LogP contribution < -0.4 is 0 Å². The lowest BCUT2D eigenvalue weighted by atomic mass is 10.1. The molecule has 1 unspecified atom stereocenters. The quantitative estimate of drug-likeness (QED) is 0.778. The molecule has 0 radical (unpaired) electrons. The fourth-order valence-electron chi connectivity index (χ4n) is 2.16. The smallest absolute Gasteiger partial charge is 0.272 e. The van der Waals surface area contributed by atoms with Gasteiger partial charge in [0.1, 0.15) is 5.69 Å². The van der Waals surface area contributed by atoms with Gasteiger partial charge in [-0.1, -0.05) is 12.8 Å². The van der Waals surface area contributed by atoms with Crippen LogP contribution >= 0.6 is 0 Å². The molecule has 1 fully saturated rings. The van der Waals surface area contributed by atoms with Gasteiger partial charge in [0, 0.05) is 12.7 Å². The third-order valence-corrected chi connectivity index (χ3v) is 3.08. The van der Waals surface area contributed by atoms with E-state index in [2.05, 4.69) is 10.2 Å². The van der Waals surface area contributed by atoms with Crippen molar-refractivity contribution in [1.29, 1.82) is 0 Å². The molecule has 2 N–H and O–H groups in total. The van der Waals surface area contributed by atoms with Gasteiger partial charge in [0.25, 0.3) is 5.91 Å². The van der Waals surface area contributed by atoms with Crippen molar-refractivity contribution in [2.75, 3.05) is 13.2 Å². The number of rotatable bonds is 2. The highest BCUT2D eigenvalue weighted by molar-refractivity contribution is 5.92. The summed E-state index contributed by atoms with van der Waals surface area (Å²) in [7, 11) is 0. The molecule has 0 saturated carbocycles. The van der Waals surface area contributed by atoms with Gasteiger partial charge in [-0.25, -0.2) is 0 Å². The number of amides is 1. The van der Waals surface area contributed by atoms with Crippen LogP contribution in [0.4, 0.5) is 0 Å². The molecule has 5 nitrogen and oxygen atoms in total. The van der Waals surface area contributed by atoms with Crippen LogP contribution in [0, 0.1) is 0 Å². The first-order valence-corrected chi connectivity index (χ1v) is 5.74. The van der Waals surface area contributed by atoms with Crippen LogP contribution in [0.25, 0.3) is 0 Å². The minimum atomic E-state index is -0.0570. The van der Waals surface area contributed by atoms with E-state index >= 15 is 0 Å². The minimum Gasteiger partial charge on any atom is -0.394 e. The number of nitrogens with zero attached hydrogens (tertiary/aromatic N) is 2. The molecular weight excluding hydrogens is 206 g/mol. The second kappa shape index (κ2) is 5.12. The van der Waals surface area contributed by atoms with Crippen molar-refractivity contribution < 1.29 is 9.90 Å². The van der Waals surface area contributed by atoms with E-state index in [1.807, 2.05) is 0 Å². The summed E-state index contributed by atoms with van der Waals surface area (Å²) in [4.78, 5) is 13.9. The number of H-pyrrole nitrogens is 1. The molecule has 1 aliphatic rings. The molecule has 1 amide bonds. The van der Waals surface area contributed by atoms with Crippen molar-refractivity contribution in [2.45, 2.75) is 31.7 Å². The standard InChI is InChI=1S/C11H17N3O2/c15-8-9-4-2-1-3-7-14(9)11(16)10-5-6-12-13-10/h5-6,9,15H,1-4,7-8H2,(H,12,13). The maximum absolute atomic E-state index is 12.1. The van der Waals surface area contributed by atoms with Crippen LogP contribution in [0.15, 0.2) is 12.3 Å². The van der Waals surface area contributed by atoms with Gasteiger partial charge in [0.15, 0.2) is 0 Å². The highest BCUT2D eigenvalue weighted by atomic mass is 16.3. The lowest BCUT2D eigenvalue weighted by Crippen LogP contribution is -2.42. The Morgan fingerprint density at radius 3 is 3.12 bits per heavy atom. The fourth-order valence-corrected chi connectivity index (χ4v) is 2.16. The Morgan fingerprint density at radius 1 is 1.56 bits per heavy atom. The number of likely N-dealkylation sites (tertiary alicyclic amines) is 1. The zero-order valence-electron chi connectivity index (χ0n) is 9.22. The molecule has 16 heavy (non-hydrogen) atoms. The molecule has 1 atom stereocenters. The van der Waals surface area contributed by atoms with Crippen LogP contribution in [0.5, 0.6) is 0 Å². The minimum absolute atomic E-state index is 0.0415. The SMILES string of the molecule is O=C(c1ccn[nH]1)N1CCCCCC1CO. The highest BCUT2D eigenvalue weighted by Crippen LogP contribution is 2.18. The van der Waals surface area contributed by atoms with Crippen molar-refractivity contribution in [2.24, 2.45) is 0 Å². The van der Waals surface area contributed by atoms with Gasteiger partial charge in [0.05, 0.1) is 12.6 Å². The van der Waals surface area contributed by atoms with Gasteiger partial charge in [-0.2, -0.15) is 5.10 Å². The molecule has 0 aromatic carbocycles. The topological polar surface area (TPSA) is 69.2 Å². The Kier molecular flexibility index (Phi) is 3.56. The predicted molar refractivity (Wildman–Crippen MR) is 59.0 cm³/mol. The van der Waals surface area contributed by atoms with Crippen molar-refractivity contribution in [3.05, 3.63) is 18.0 Å². The van der Waals surface area contributed by atoms with Crippen molar-refractivity contribution in [3.63, 3.8) is 0 Å². The zero-order chi connectivity index (χ0) is 11.4. The maximum atomic E-state index is 12.1. The van der Waals surface area contributed by atoms with Crippen molar-refractivity contribution in [1.82, 2.24) is 15.1 Å². The monoisotopic (exact) mass is 223 g/mol. The van der Waals surface area contributed by atoms with Crippen molar-refractivity contribution in [3.8, 4) is 0 Å². The van der Waals surface area contributed by atoms with Crippen LogP contribution in [0.2, 0.25) is 0 Å². The molecule has 1 saturated heterocycles. The lowest BCUT2D eigenvalue weighted by molar-refractivity contribution is 0.0594. The number of aliphatic hydroxyl groups excluding tert-OH is 1. The third-order valence-electron chi connectivity index (χ3n) is 3.08. The van der Waals surface area contributed by atoms with E-state index in [0.717, 1.165) is 32.2 Å².